The van der Waals surface area contributed by atoms with Crippen molar-refractivity contribution < 1.29 is 5.11 Å². The second-order valence-electron chi connectivity index (χ2n) is 3.43. The summed E-state index contributed by atoms with van der Waals surface area (Å²) in [7, 11) is 0. The zero-order valence-corrected chi connectivity index (χ0v) is 8.80. The number of hydrogen-bond donors (Lipinski definition) is 2. The first-order valence-corrected chi connectivity index (χ1v) is 5.07. The third kappa shape index (κ3) is 2.77. The summed E-state index contributed by atoms with van der Waals surface area (Å²) in [4.78, 5) is 7.91. The molecule has 0 aliphatic rings. The Balaban J connectivity index is 1.99. The van der Waals surface area contributed by atoms with Crippen LogP contribution in [0.1, 0.15) is 11.1 Å². The van der Waals surface area contributed by atoms with E-state index in [9.17, 15) is 0 Å². The predicted molar refractivity (Wildman–Crippen MR) is 61.7 cm³/mol. The fourth-order valence-corrected chi connectivity index (χ4v) is 1.43. The van der Waals surface area contributed by atoms with Gasteiger partial charge in [0.05, 0.1) is 6.61 Å². The molecule has 1 aromatic carbocycles. The Bertz CT molecular complexity index is 445. The molecular weight excluding hydrogens is 202 g/mol. The van der Waals surface area contributed by atoms with E-state index >= 15 is 0 Å². The van der Waals surface area contributed by atoms with E-state index in [2.05, 4.69) is 15.3 Å². The van der Waals surface area contributed by atoms with Crippen molar-refractivity contribution in [2.45, 2.75) is 13.2 Å². The normalized spacial score (nSPS) is 10.1. The van der Waals surface area contributed by atoms with Gasteiger partial charge in [0, 0.05) is 12.7 Å². The third-order valence-corrected chi connectivity index (χ3v) is 2.23. The van der Waals surface area contributed by atoms with E-state index < -0.39 is 0 Å². The van der Waals surface area contributed by atoms with Gasteiger partial charge in [-0.15, -0.1) is 0 Å². The van der Waals surface area contributed by atoms with Crippen molar-refractivity contribution in [3.05, 3.63) is 54.0 Å². The van der Waals surface area contributed by atoms with Gasteiger partial charge in [-0.25, -0.2) is 9.97 Å². The minimum atomic E-state index is 0.0708. The second-order valence-corrected chi connectivity index (χ2v) is 3.43. The summed E-state index contributed by atoms with van der Waals surface area (Å²) in [6.07, 6.45) is 3.20. The summed E-state index contributed by atoms with van der Waals surface area (Å²) in [5.74, 6) is 0.796. The average molecular weight is 215 g/mol. The first-order chi connectivity index (χ1) is 7.88. The van der Waals surface area contributed by atoms with Gasteiger partial charge in [-0.3, -0.25) is 0 Å². The Labute approximate surface area is 94.0 Å². The fourth-order valence-electron chi connectivity index (χ4n) is 1.43. The molecule has 0 saturated heterocycles. The standard InChI is InChI=1S/C12H13N3O/c16-8-11-3-1-2-10(6-11)7-14-12-4-5-13-9-15-12/h1-6,9,16H,7-8H2,(H,13,14,15). The maximum atomic E-state index is 9.01. The first kappa shape index (κ1) is 10.6. The first-order valence-electron chi connectivity index (χ1n) is 5.07. The van der Waals surface area contributed by atoms with Crippen molar-refractivity contribution >= 4 is 5.82 Å². The van der Waals surface area contributed by atoms with Crippen LogP contribution in [0.15, 0.2) is 42.9 Å². The fraction of sp³-hybridized carbons (Fsp3) is 0.167. The monoisotopic (exact) mass is 215 g/mol. The zero-order valence-electron chi connectivity index (χ0n) is 8.80. The Morgan fingerprint density at radius 1 is 1.19 bits per heavy atom. The smallest absolute Gasteiger partial charge is 0.129 e. The maximum Gasteiger partial charge on any atom is 0.129 e. The van der Waals surface area contributed by atoms with E-state index in [1.54, 1.807) is 6.20 Å². The molecule has 1 aromatic heterocycles. The van der Waals surface area contributed by atoms with Crippen molar-refractivity contribution in [2.24, 2.45) is 0 Å². The molecule has 82 valence electrons. The largest absolute Gasteiger partial charge is 0.392 e. The topological polar surface area (TPSA) is 58.0 Å². The highest BCUT2D eigenvalue weighted by Gasteiger charge is 1.96. The number of benzene rings is 1. The van der Waals surface area contributed by atoms with Crippen molar-refractivity contribution in [3.63, 3.8) is 0 Å². The average Bonchev–Trinajstić information content (AvgIpc) is 2.38. The molecule has 0 spiro atoms. The van der Waals surface area contributed by atoms with Gasteiger partial charge >= 0.3 is 0 Å². The molecule has 0 unspecified atom stereocenters. The van der Waals surface area contributed by atoms with Crippen LogP contribution >= 0.6 is 0 Å². The maximum absolute atomic E-state index is 9.01. The molecular formula is C12H13N3O. The summed E-state index contributed by atoms with van der Waals surface area (Å²) in [6, 6.07) is 9.62. The van der Waals surface area contributed by atoms with Gasteiger partial charge in [0.1, 0.15) is 12.1 Å². The van der Waals surface area contributed by atoms with Crippen molar-refractivity contribution in [2.75, 3.05) is 5.32 Å². The molecule has 0 amide bonds. The number of nitrogens with one attached hydrogen (secondary N) is 1. The number of aliphatic hydroxyl groups excluding tert-OH is 1. The van der Waals surface area contributed by atoms with Crippen molar-refractivity contribution in [1.82, 2.24) is 9.97 Å². The molecule has 0 bridgehead atoms. The molecule has 2 aromatic rings. The van der Waals surface area contributed by atoms with Crippen LogP contribution in [0.5, 0.6) is 0 Å². The zero-order chi connectivity index (χ0) is 11.2. The molecule has 0 radical (unpaired) electrons. The van der Waals surface area contributed by atoms with Gasteiger partial charge in [0.25, 0.3) is 0 Å². The van der Waals surface area contributed by atoms with Crippen LogP contribution in [0.3, 0.4) is 0 Å². The van der Waals surface area contributed by atoms with Crippen LogP contribution in [0, 0.1) is 0 Å². The van der Waals surface area contributed by atoms with Gasteiger partial charge in [-0.05, 0) is 17.2 Å². The van der Waals surface area contributed by atoms with Crippen LogP contribution < -0.4 is 5.32 Å². The minimum Gasteiger partial charge on any atom is -0.392 e. The van der Waals surface area contributed by atoms with E-state index in [0.29, 0.717) is 6.54 Å². The van der Waals surface area contributed by atoms with Crippen LogP contribution in [0.25, 0.3) is 0 Å². The predicted octanol–water partition coefficient (Wildman–Crippen LogP) is 1.58. The SMILES string of the molecule is OCc1cccc(CNc2ccncn2)c1. The van der Waals surface area contributed by atoms with E-state index in [1.807, 2.05) is 30.3 Å². The Morgan fingerprint density at radius 3 is 2.81 bits per heavy atom. The number of hydrogen-bond acceptors (Lipinski definition) is 4. The third-order valence-electron chi connectivity index (χ3n) is 2.23. The lowest BCUT2D eigenvalue weighted by molar-refractivity contribution is 0.281. The molecule has 4 heteroatoms. The lowest BCUT2D eigenvalue weighted by atomic mass is 10.1. The highest BCUT2D eigenvalue weighted by atomic mass is 16.3. The number of aromatic nitrogens is 2. The van der Waals surface area contributed by atoms with E-state index in [1.165, 1.54) is 6.33 Å². The number of nitrogens with zero attached hydrogens (tertiary/aromatic N) is 2. The molecule has 0 aliphatic carbocycles. The van der Waals surface area contributed by atoms with Crippen LogP contribution in [0.2, 0.25) is 0 Å². The van der Waals surface area contributed by atoms with Gasteiger partial charge in [0.15, 0.2) is 0 Å². The molecule has 4 nitrogen and oxygen atoms in total. The summed E-state index contributed by atoms with van der Waals surface area (Å²) in [6.45, 7) is 0.756. The summed E-state index contributed by atoms with van der Waals surface area (Å²) in [5.41, 5.74) is 2.03. The van der Waals surface area contributed by atoms with Crippen LogP contribution in [-0.4, -0.2) is 15.1 Å². The molecule has 0 aliphatic heterocycles. The van der Waals surface area contributed by atoms with Gasteiger partial charge < -0.3 is 10.4 Å². The molecule has 2 rings (SSSR count). The second kappa shape index (κ2) is 5.23. The van der Waals surface area contributed by atoms with Crippen molar-refractivity contribution in [3.8, 4) is 0 Å². The summed E-state index contributed by atoms with van der Waals surface area (Å²) in [5, 5.41) is 12.2. The summed E-state index contributed by atoms with van der Waals surface area (Å²) >= 11 is 0. The Hall–Kier alpha value is -1.94. The lowest BCUT2D eigenvalue weighted by Gasteiger charge is -2.06. The molecule has 2 N–H and O–H groups in total. The lowest BCUT2D eigenvalue weighted by Crippen LogP contribution is -2.01. The number of rotatable bonds is 4. The van der Waals surface area contributed by atoms with Crippen molar-refractivity contribution in [1.29, 1.82) is 0 Å². The molecule has 0 atom stereocenters. The quantitative estimate of drug-likeness (QED) is 0.813. The Morgan fingerprint density at radius 2 is 2.06 bits per heavy atom. The molecule has 0 fully saturated rings. The molecule has 0 saturated carbocycles. The summed E-state index contributed by atoms with van der Waals surface area (Å²) < 4.78 is 0. The van der Waals surface area contributed by atoms with Gasteiger partial charge in [0.2, 0.25) is 0 Å². The van der Waals surface area contributed by atoms with Gasteiger partial charge in [-0.1, -0.05) is 24.3 Å². The Kier molecular flexibility index (Phi) is 3.46. The molecule has 16 heavy (non-hydrogen) atoms. The van der Waals surface area contributed by atoms with E-state index in [-0.39, 0.29) is 6.61 Å². The molecule has 1 heterocycles. The highest BCUT2D eigenvalue weighted by molar-refractivity contribution is 5.34. The number of aliphatic hydroxyl groups is 1. The van der Waals surface area contributed by atoms with Crippen LogP contribution in [0.4, 0.5) is 5.82 Å². The van der Waals surface area contributed by atoms with Crippen LogP contribution in [-0.2, 0) is 13.2 Å². The highest BCUT2D eigenvalue weighted by Crippen LogP contribution is 2.07. The number of anilines is 1. The van der Waals surface area contributed by atoms with E-state index in [4.69, 9.17) is 5.11 Å². The van der Waals surface area contributed by atoms with E-state index in [0.717, 1.165) is 16.9 Å². The van der Waals surface area contributed by atoms with Gasteiger partial charge in [-0.2, -0.15) is 0 Å². The minimum absolute atomic E-state index is 0.0708.